The Balaban J connectivity index is 3.31. The first-order valence-corrected chi connectivity index (χ1v) is 5.26. The molecule has 0 radical (unpaired) electrons. The summed E-state index contributed by atoms with van der Waals surface area (Å²) in [7, 11) is 0. The maximum Gasteiger partial charge on any atom is 0.333 e. The molecule has 3 nitrogen and oxygen atoms in total. The van der Waals surface area contributed by atoms with Gasteiger partial charge in [0.2, 0.25) is 0 Å². The number of hydrogen-bond donors (Lipinski definition) is 2. The number of aliphatic hydroxyl groups excluding tert-OH is 1. The lowest BCUT2D eigenvalue weighted by molar-refractivity contribution is -0.150. The van der Waals surface area contributed by atoms with E-state index >= 15 is 0 Å². The number of hydrogen-bond acceptors (Lipinski definition) is 2. The largest absolute Gasteiger partial charge is 0.479 e. The molecule has 1 atom stereocenters. The summed E-state index contributed by atoms with van der Waals surface area (Å²) < 4.78 is 0. The molecule has 3 heteroatoms. The monoisotopic (exact) mass is 222 g/mol. The number of aryl methyl sites for hydroxylation is 2. The Labute approximate surface area is 95.7 Å². The molecule has 16 heavy (non-hydrogen) atoms. The van der Waals surface area contributed by atoms with Gasteiger partial charge in [-0.1, -0.05) is 32.0 Å². The van der Waals surface area contributed by atoms with Crippen LogP contribution in [0.15, 0.2) is 18.2 Å². The summed E-state index contributed by atoms with van der Waals surface area (Å²) in [4.78, 5) is 10.9. The van der Waals surface area contributed by atoms with Crippen molar-refractivity contribution in [3.05, 3.63) is 34.9 Å². The zero-order chi connectivity index (χ0) is 12.5. The van der Waals surface area contributed by atoms with Crippen LogP contribution in [-0.2, 0) is 10.2 Å². The number of carboxylic acids is 1. The molecule has 0 heterocycles. The second kappa shape index (κ2) is 4.26. The quantitative estimate of drug-likeness (QED) is 0.822. The second-order valence-corrected chi connectivity index (χ2v) is 4.73. The lowest BCUT2D eigenvalue weighted by Gasteiger charge is -2.31. The molecule has 1 rings (SSSR count). The van der Waals surface area contributed by atoms with Gasteiger partial charge in [-0.05, 0) is 30.5 Å². The SMILES string of the molecule is Cc1cccc(C)c1C(C)(C)C(O)C(=O)O. The Kier molecular flexibility index (Phi) is 3.38. The van der Waals surface area contributed by atoms with Crippen molar-refractivity contribution in [3.8, 4) is 0 Å². The van der Waals surface area contributed by atoms with Gasteiger partial charge in [0, 0.05) is 5.41 Å². The molecular formula is C13H18O3. The molecule has 1 unspecified atom stereocenters. The molecule has 0 amide bonds. The first-order chi connectivity index (χ1) is 7.28. The minimum atomic E-state index is -1.40. The Morgan fingerprint density at radius 2 is 1.69 bits per heavy atom. The number of benzene rings is 1. The van der Waals surface area contributed by atoms with Crippen molar-refractivity contribution in [1.29, 1.82) is 0 Å². The Bertz CT molecular complexity index is 387. The van der Waals surface area contributed by atoms with E-state index < -0.39 is 17.5 Å². The van der Waals surface area contributed by atoms with Gasteiger partial charge in [0.05, 0.1) is 0 Å². The summed E-state index contributed by atoms with van der Waals surface area (Å²) in [5.74, 6) is -1.19. The Morgan fingerprint density at radius 3 is 2.06 bits per heavy atom. The molecule has 88 valence electrons. The molecular weight excluding hydrogens is 204 g/mol. The van der Waals surface area contributed by atoms with E-state index in [2.05, 4.69) is 0 Å². The van der Waals surface area contributed by atoms with Crippen molar-refractivity contribution in [2.45, 2.75) is 39.2 Å². The van der Waals surface area contributed by atoms with Crippen LogP contribution in [0.25, 0.3) is 0 Å². The van der Waals surface area contributed by atoms with Crippen LogP contribution in [0.5, 0.6) is 0 Å². The maximum atomic E-state index is 10.9. The van der Waals surface area contributed by atoms with Gasteiger partial charge in [-0.2, -0.15) is 0 Å². The van der Waals surface area contributed by atoms with Crippen molar-refractivity contribution >= 4 is 5.97 Å². The molecule has 0 aliphatic carbocycles. The third-order valence-electron chi connectivity index (χ3n) is 3.04. The van der Waals surface area contributed by atoms with Crippen LogP contribution >= 0.6 is 0 Å². The van der Waals surface area contributed by atoms with Crippen LogP contribution < -0.4 is 0 Å². The number of aliphatic hydroxyl groups is 1. The summed E-state index contributed by atoms with van der Waals surface area (Å²) in [6.07, 6.45) is -1.40. The highest BCUT2D eigenvalue weighted by atomic mass is 16.4. The van der Waals surface area contributed by atoms with E-state index in [1.165, 1.54) is 0 Å². The lowest BCUT2D eigenvalue weighted by Crippen LogP contribution is -2.40. The van der Waals surface area contributed by atoms with E-state index in [0.717, 1.165) is 16.7 Å². The highest BCUT2D eigenvalue weighted by Crippen LogP contribution is 2.32. The molecule has 0 saturated carbocycles. The smallest absolute Gasteiger partial charge is 0.333 e. The van der Waals surface area contributed by atoms with Crippen LogP contribution in [-0.4, -0.2) is 22.3 Å². The number of aliphatic carboxylic acids is 1. The molecule has 0 bridgehead atoms. The normalized spacial score (nSPS) is 13.6. The first-order valence-electron chi connectivity index (χ1n) is 5.26. The van der Waals surface area contributed by atoms with Gasteiger partial charge < -0.3 is 10.2 Å². The molecule has 2 N–H and O–H groups in total. The molecule has 0 spiro atoms. The fourth-order valence-electron chi connectivity index (χ4n) is 2.28. The third-order valence-corrected chi connectivity index (χ3v) is 3.04. The van der Waals surface area contributed by atoms with Crippen LogP contribution in [0.1, 0.15) is 30.5 Å². The molecule has 0 fully saturated rings. The summed E-state index contributed by atoms with van der Waals surface area (Å²) in [5.41, 5.74) is 2.13. The van der Waals surface area contributed by atoms with Crippen LogP contribution in [0.3, 0.4) is 0 Å². The van der Waals surface area contributed by atoms with Gasteiger partial charge in [-0.25, -0.2) is 4.79 Å². The average molecular weight is 222 g/mol. The van der Waals surface area contributed by atoms with Crippen molar-refractivity contribution < 1.29 is 15.0 Å². The summed E-state index contributed by atoms with van der Waals surface area (Å²) in [6, 6.07) is 5.79. The van der Waals surface area contributed by atoms with E-state index in [0.29, 0.717) is 0 Å². The highest BCUT2D eigenvalue weighted by Gasteiger charge is 2.36. The average Bonchev–Trinajstić information content (AvgIpc) is 2.15. The minimum Gasteiger partial charge on any atom is -0.479 e. The Hall–Kier alpha value is -1.35. The number of rotatable bonds is 3. The third kappa shape index (κ3) is 2.09. The fourth-order valence-corrected chi connectivity index (χ4v) is 2.28. The number of carbonyl (C=O) groups is 1. The van der Waals surface area contributed by atoms with Crippen LogP contribution in [0.4, 0.5) is 0 Å². The van der Waals surface area contributed by atoms with Crippen molar-refractivity contribution in [3.63, 3.8) is 0 Å². The van der Waals surface area contributed by atoms with E-state index in [1.807, 2.05) is 32.0 Å². The highest BCUT2D eigenvalue weighted by molar-refractivity contribution is 5.74. The molecule has 0 saturated heterocycles. The standard InChI is InChI=1S/C13H18O3/c1-8-6-5-7-9(2)10(8)13(3,4)11(14)12(15)16/h5-7,11,14H,1-4H3,(H,15,16). The Morgan fingerprint density at radius 1 is 1.25 bits per heavy atom. The van der Waals surface area contributed by atoms with Crippen molar-refractivity contribution in [2.24, 2.45) is 0 Å². The molecule has 1 aromatic carbocycles. The lowest BCUT2D eigenvalue weighted by atomic mass is 9.75. The van der Waals surface area contributed by atoms with E-state index in [9.17, 15) is 9.90 Å². The van der Waals surface area contributed by atoms with Crippen molar-refractivity contribution in [1.82, 2.24) is 0 Å². The van der Waals surface area contributed by atoms with E-state index in [-0.39, 0.29) is 0 Å². The molecule has 1 aromatic rings. The molecule has 0 aliphatic heterocycles. The predicted octanol–water partition coefficient (Wildman–Crippen LogP) is 2.03. The maximum absolute atomic E-state index is 10.9. The molecule has 0 aromatic heterocycles. The summed E-state index contributed by atoms with van der Waals surface area (Å²) in [6.45, 7) is 7.36. The first kappa shape index (κ1) is 12.7. The van der Waals surface area contributed by atoms with E-state index in [4.69, 9.17) is 5.11 Å². The van der Waals surface area contributed by atoms with Gasteiger partial charge in [-0.15, -0.1) is 0 Å². The second-order valence-electron chi connectivity index (χ2n) is 4.73. The van der Waals surface area contributed by atoms with Gasteiger partial charge in [0.25, 0.3) is 0 Å². The molecule has 0 aliphatic rings. The van der Waals surface area contributed by atoms with Crippen LogP contribution in [0.2, 0.25) is 0 Å². The summed E-state index contributed by atoms with van der Waals surface area (Å²) in [5, 5.41) is 18.7. The topological polar surface area (TPSA) is 57.5 Å². The van der Waals surface area contributed by atoms with Crippen LogP contribution in [0, 0.1) is 13.8 Å². The zero-order valence-corrected chi connectivity index (χ0v) is 10.1. The van der Waals surface area contributed by atoms with Gasteiger partial charge in [0.15, 0.2) is 6.10 Å². The number of carboxylic acid groups (broad SMARTS) is 1. The van der Waals surface area contributed by atoms with E-state index in [1.54, 1.807) is 13.8 Å². The van der Waals surface area contributed by atoms with Gasteiger partial charge >= 0.3 is 5.97 Å². The van der Waals surface area contributed by atoms with Crippen molar-refractivity contribution in [2.75, 3.05) is 0 Å². The predicted molar refractivity (Wildman–Crippen MR) is 62.6 cm³/mol. The fraction of sp³-hybridized carbons (Fsp3) is 0.462. The van der Waals surface area contributed by atoms with Gasteiger partial charge in [-0.3, -0.25) is 0 Å². The minimum absolute atomic E-state index is 0.790. The summed E-state index contributed by atoms with van der Waals surface area (Å²) >= 11 is 0. The van der Waals surface area contributed by atoms with Gasteiger partial charge in [0.1, 0.15) is 0 Å². The zero-order valence-electron chi connectivity index (χ0n) is 10.1.